The number of hydrogen-bond acceptors (Lipinski definition) is 5. The van der Waals surface area contributed by atoms with Crippen LogP contribution >= 0.6 is 0 Å². The van der Waals surface area contributed by atoms with Crippen molar-refractivity contribution in [2.24, 2.45) is 0 Å². The molecular weight excluding hydrogens is 336 g/mol. The van der Waals surface area contributed by atoms with Crippen LogP contribution in [0.3, 0.4) is 0 Å². The maximum absolute atomic E-state index is 12.2. The summed E-state index contributed by atoms with van der Waals surface area (Å²) in [6, 6.07) is 8.70. The van der Waals surface area contributed by atoms with E-state index in [9.17, 15) is 14.4 Å². The molecule has 2 rings (SSSR count). The molecule has 1 heterocycles. The summed E-state index contributed by atoms with van der Waals surface area (Å²) in [6.45, 7) is 3.60. The van der Waals surface area contributed by atoms with Crippen molar-refractivity contribution in [3.63, 3.8) is 0 Å². The first-order chi connectivity index (χ1) is 12.5. The Bertz CT molecular complexity index is 684. The summed E-state index contributed by atoms with van der Waals surface area (Å²) in [6.07, 6.45) is 1.30. The zero-order valence-electron chi connectivity index (χ0n) is 15.0. The van der Waals surface area contributed by atoms with E-state index in [1.807, 2.05) is 37.3 Å². The summed E-state index contributed by atoms with van der Waals surface area (Å²) in [5.41, 5.74) is 1.61. The van der Waals surface area contributed by atoms with Crippen LogP contribution in [0.5, 0.6) is 0 Å². The molecule has 0 aromatic heterocycles. The van der Waals surface area contributed by atoms with E-state index in [1.165, 1.54) is 0 Å². The van der Waals surface area contributed by atoms with Gasteiger partial charge >= 0.3 is 18.0 Å². The third kappa shape index (κ3) is 5.34. The van der Waals surface area contributed by atoms with Crippen LogP contribution in [-0.4, -0.2) is 37.2 Å². The van der Waals surface area contributed by atoms with Gasteiger partial charge in [0.1, 0.15) is 6.61 Å². The van der Waals surface area contributed by atoms with Crippen LogP contribution in [0.1, 0.15) is 32.3 Å². The van der Waals surface area contributed by atoms with Crippen molar-refractivity contribution >= 4 is 18.0 Å². The molecule has 26 heavy (non-hydrogen) atoms. The minimum absolute atomic E-state index is 0.175. The Labute approximate surface area is 152 Å². The van der Waals surface area contributed by atoms with Gasteiger partial charge in [-0.2, -0.15) is 0 Å². The Morgan fingerprint density at radius 1 is 1.12 bits per heavy atom. The predicted molar refractivity (Wildman–Crippen MR) is 95.1 cm³/mol. The molecule has 0 unspecified atom stereocenters. The van der Waals surface area contributed by atoms with Gasteiger partial charge in [-0.3, -0.25) is 4.79 Å². The molecule has 0 saturated carbocycles. The van der Waals surface area contributed by atoms with Gasteiger partial charge in [-0.15, -0.1) is 0 Å². The molecule has 1 aliphatic heterocycles. The number of carbonyl (C=O) groups is 3. The molecule has 7 heteroatoms. The average Bonchev–Trinajstić information content (AvgIpc) is 2.65. The Kier molecular flexibility index (Phi) is 7.20. The highest BCUT2D eigenvalue weighted by Gasteiger charge is 2.31. The van der Waals surface area contributed by atoms with Crippen molar-refractivity contribution in [1.29, 1.82) is 0 Å². The fourth-order valence-electron chi connectivity index (χ4n) is 2.69. The Morgan fingerprint density at radius 2 is 1.85 bits per heavy atom. The minimum atomic E-state index is -0.526. The van der Waals surface area contributed by atoms with E-state index in [1.54, 1.807) is 6.92 Å². The maximum Gasteiger partial charge on any atom is 0.338 e. The quantitative estimate of drug-likeness (QED) is 0.692. The fraction of sp³-hybridized carbons (Fsp3) is 0.421. The van der Waals surface area contributed by atoms with E-state index >= 15 is 0 Å². The van der Waals surface area contributed by atoms with E-state index in [0.717, 1.165) is 5.56 Å². The Hall–Kier alpha value is -2.83. The molecule has 1 aromatic carbocycles. The second-order valence-electron chi connectivity index (χ2n) is 5.82. The van der Waals surface area contributed by atoms with Crippen molar-refractivity contribution in [2.75, 3.05) is 13.2 Å². The largest absolute Gasteiger partial charge is 0.463 e. The van der Waals surface area contributed by atoms with Gasteiger partial charge in [0.15, 0.2) is 0 Å². The lowest BCUT2D eigenvalue weighted by Crippen LogP contribution is -2.51. The number of aryl methyl sites for hydroxylation is 1. The lowest BCUT2D eigenvalue weighted by atomic mass is 10.0. The van der Waals surface area contributed by atoms with Crippen molar-refractivity contribution in [3.8, 4) is 0 Å². The monoisotopic (exact) mass is 360 g/mol. The number of benzene rings is 1. The van der Waals surface area contributed by atoms with Gasteiger partial charge in [0.05, 0.1) is 23.9 Å². The molecule has 140 valence electrons. The first kappa shape index (κ1) is 19.5. The number of carbonyl (C=O) groups excluding carboxylic acids is 3. The third-order valence-corrected chi connectivity index (χ3v) is 3.99. The summed E-state index contributed by atoms with van der Waals surface area (Å²) < 4.78 is 10.3. The molecule has 0 spiro atoms. The average molecular weight is 360 g/mol. The molecule has 2 N–H and O–H groups in total. The standard InChI is InChI=1S/C19H24N2O5/c1-3-14-17(18(23)25-4-2)15(21-19(24)20-14)12-26-16(22)11-10-13-8-6-5-7-9-13/h5-9,14H,3-4,10-12H2,1-2H3,(H2,20,21,24)/t14-/m0/s1. The van der Waals surface area contributed by atoms with Crippen LogP contribution in [0.4, 0.5) is 4.79 Å². The molecule has 0 aliphatic carbocycles. The van der Waals surface area contributed by atoms with Crippen LogP contribution in [0.2, 0.25) is 0 Å². The van der Waals surface area contributed by atoms with Crippen molar-refractivity contribution in [1.82, 2.24) is 10.6 Å². The van der Waals surface area contributed by atoms with Crippen LogP contribution in [0.25, 0.3) is 0 Å². The summed E-state index contributed by atoms with van der Waals surface area (Å²) in [5, 5.41) is 5.22. The van der Waals surface area contributed by atoms with Crippen LogP contribution < -0.4 is 10.6 Å². The van der Waals surface area contributed by atoms with E-state index in [0.29, 0.717) is 18.4 Å². The Balaban J connectivity index is 2.01. The van der Waals surface area contributed by atoms with Crippen molar-refractivity contribution in [2.45, 2.75) is 39.2 Å². The van der Waals surface area contributed by atoms with Gasteiger partial charge < -0.3 is 20.1 Å². The molecule has 1 aromatic rings. The predicted octanol–water partition coefficient (Wildman–Crippen LogP) is 2.07. The lowest BCUT2D eigenvalue weighted by molar-refractivity contribution is -0.143. The van der Waals surface area contributed by atoms with E-state index in [-0.39, 0.29) is 25.3 Å². The van der Waals surface area contributed by atoms with Gasteiger partial charge in [-0.05, 0) is 25.3 Å². The number of ether oxygens (including phenoxy) is 2. The van der Waals surface area contributed by atoms with Crippen LogP contribution in [-0.2, 0) is 25.5 Å². The number of hydrogen-bond donors (Lipinski definition) is 2. The molecule has 0 radical (unpaired) electrons. The lowest BCUT2D eigenvalue weighted by Gasteiger charge is -2.28. The molecule has 0 saturated heterocycles. The molecule has 0 fully saturated rings. The molecule has 1 aliphatic rings. The number of nitrogens with one attached hydrogen (secondary N) is 2. The summed E-state index contributed by atoms with van der Waals surface area (Å²) in [7, 11) is 0. The summed E-state index contributed by atoms with van der Waals surface area (Å²) in [5.74, 6) is -0.924. The molecule has 1 atom stereocenters. The number of esters is 2. The third-order valence-electron chi connectivity index (χ3n) is 3.99. The van der Waals surface area contributed by atoms with Gasteiger partial charge in [0, 0.05) is 6.42 Å². The molecular formula is C19H24N2O5. The molecule has 0 bridgehead atoms. The molecule has 7 nitrogen and oxygen atoms in total. The van der Waals surface area contributed by atoms with E-state index < -0.39 is 24.0 Å². The highest BCUT2D eigenvalue weighted by atomic mass is 16.5. The van der Waals surface area contributed by atoms with Gasteiger partial charge in [0.25, 0.3) is 0 Å². The van der Waals surface area contributed by atoms with E-state index in [4.69, 9.17) is 9.47 Å². The topological polar surface area (TPSA) is 93.7 Å². The van der Waals surface area contributed by atoms with E-state index in [2.05, 4.69) is 10.6 Å². The first-order valence-electron chi connectivity index (χ1n) is 8.72. The fourth-order valence-corrected chi connectivity index (χ4v) is 2.69. The summed E-state index contributed by atoms with van der Waals surface area (Å²) in [4.78, 5) is 36.0. The summed E-state index contributed by atoms with van der Waals surface area (Å²) >= 11 is 0. The van der Waals surface area contributed by atoms with Gasteiger partial charge in [0.2, 0.25) is 0 Å². The minimum Gasteiger partial charge on any atom is -0.463 e. The zero-order chi connectivity index (χ0) is 18.9. The van der Waals surface area contributed by atoms with Gasteiger partial charge in [-0.25, -0.2) is 9.59 Å². The smallest absolute Gasteiger partial charge is 0.338 e. The second kappa shape index (κ2) is 9.60. The number of rotatable bonds is 8. The van der Waals surface area contributed by atoms with Crippen LogP contribution in [0.15, 0.2) is 41.6 Å². The number of amides is 2. The second-order valence-corrected chi connectivity index (χ2v) is 5.82. The maximum atomic E-state index is 12.2. The number of urea groups is 1. The normalized spacial score (nSPS) is 16.5. The van der Waals surface area contributed by atoms with Gasteiger partial charge in [-0.1, -0.05) is 37.3 Å². The van der Waals surface area contributed by atoms with Crippen molar-refractivity contribution in [3.05, 3.63) is 47.2 Å². The van der Waals surface area contributed by atoms with Crippen molar-refractivity contribution < 1.29 is 23.9 Å². The first-order valence-corrected chi connectivity index (χ1v) is 8.72. The zero-order valence-corrected chi connectivity index (χ0v) is 15.0. The Morgan fingerprint density at radius 3 is 2.50 bits per heavy atom. The highest BCUT2D eigenvalue weighted by molar-refractivity contribution is 5.94. The SMILES string of the molecule is CCOC(=O)C1=C(COC(=O)CCc2ccccc2)NC(=O)N[C@H]1CC. The van der Waals surface area contributed by atoms with Crippen LogP contribution in [0, 0.1) is 0 Å². The molecule has 2 amide bonds. The highest BCUT2D eigenvalue weighted by Crippen LogP contribution is 2.17.